The molecule has 0 spiro atoms. The van der Waals surface area contributed by atoms with E-state index in [2.05, 4.69) is 10.4 Å². The number of aromatic nitrogens is 2. The first kappa shape index (κ1) is 20.8. The van der Waals surface area contributed by atoms with E-state index in [0.717, 1.165) is 24.1 Å². The summed E-state index contributed by atoms with van der Waals surface area (Å²) in [7, 11) is 0. The molecule has 1 unspecified atom stereocenters. The SMILES string of the molecule is O=C(Cc1cnn(-c2ccccc2)c1)Nc1cccc(C(=O)N2CCCC(CO)C2)c1. The molecule has 0 radical (unpaired) electrons. The fraction of sp³-hybridized carbons (Fsp3) is 0.292. The maximum Gasteiger partial charge on any atom is 0.253 e. The van der Waals surface area contributed by atoms with E-state index < -0.39 is 0 Å². The fourth-order valence-corrected chi connectivity index (χ4v) is 3.87. The first-order chi connectivity index (χ1) is 15.1. The van der Waals surface area contributed by atoms with Crippen LogP contribution in [0.25, 0.3) is 5.69 Å². The van der Waals surface area contributed by atoms with Gasteiger partial charge in [-0.3, -0.25) is 9.59 Å². The van der Waals surface area contributed by atoms with Crippen molar-refractivity contribution in [2.24, 2.45) is 5.92 Å². The van der Waals surface area contributed by atoms with Crippen molar-refractivity contribution in [1.29, 1.82) is 0 Å². The van der Waals surface area contributed by atoms with Crippen LogP contribution >= 0.6 is 0 Å². The molecule has 3 aromatic rings. The lowest BCUT2D eigenvalue weighted by atomic mass is 9.98. The van der Waals surface area contributed by atoms with Crippen LogP contribution in [0.3, 0.4) is 0 Å². The Morgan fingerprint density at radius 1 is 1.13 bits per heavy atom. The predicted octanol–water partition coefficient (Wildman–Crippen LogP) is 2.90. The van der Waals surface area contributed by atoms with Gasteiger partial charge in [-0.1, -0.05) is 24.3 Å². The molecule has 4 rings (SSSR count). The second-order valence-corrected chi connectivity index (χ2v) is 7.88. The Labute approximate surface area is 181 Å². The number of benzene rings is 2. The van der Waals surface area contributed by atoms with Gasteiger partial charge in [0.15, 0.2) is 0 Å². The zero-order chi connectivity index (χ0) is 21.6. The van der Waals surface area contributed by atoms with Gasteiger partial charge in [0.25, 0.3) is 5.91 Å². The number of rotatable bonds is 6. The highest BCUT2D eigenvalue weighted by molar-refractivity contribution is 5.97. The van der Waals surface area contributed by atoms with E-state index in [4.69, 9.17) is 0 Å². The minimum atomic E-state index is -0.171. The van der Waals surface area contributed by atoms with E-state index in [0.29, 0.717) is 24.3 Å². The van der Waals surface area contributed by atoms with Crippen molar-refractivity contribution in [1.82, 2.24) is 14.7 Å². The number of likely N-dealkylation sites (tertiary alicyclic amines) is 1. The van der Waals surface area contributed by atoms with Gasteiger partial charge < -0.3 is 15.3 Å². The Balaban J connectivity index is 1.38. The lowest BCUT2D eigenvalue weighted by Crippen LogP contribution is -2.40. The van der Waals surface area contributed by atoms with Crippen molar-refractivity contribution >= 4 is 17.5 Å². The number of para-hydroxylation sites is 1. The maximum atomic E-state index is 12.8. The average molecular weight is 418 g/mol. The number of hydrogen-bond acceptors (Lipinski definition) is 4. The Bertz CT molecular complexity index is 1050. The number of carbonyl (C=O) groups is 2. The topological polar surface area (TPSA) is 87.5 Å². The van der Waals surface area contributed by atoms with Crippen LogP contribution in [0.15, 0.2) is 67.0 Å². The van der Waals surface area contributed by atoms with Gasteiger partial charge in [-0.2, -0.15) is 5.10 Å². The number of carbonyl (C=O) groups excluding carboxylic acids is 2. The van der Waals surface area contributed by atoms with Gasteiger partial charge in [-0.15, -0.1) is 0 Å². The third-order valence-corrected chi connectivity index (χ3v) is 5.48. The standard InChI is InChI=1S/C24H26N4O3/c29-17-18-6-5-11-27(15-18)24(31)20-7-4-8-21(13-20)26-23(30)12-19-14-25-28(16-19)22-9-2-1-3-10-22/h1-4,7-10,13-14,16,18,29H,5-6,11-12,15,17H2,(H,26,30). The Hall–Kier alpha value is -3.45. The summed E-state index contributed by atoms with van der Waals surface area (Å²) in [6.07, 6.45) is 5.54. The molecule has 2 amide bonds. The Kier molecular flexibility index (Phi) is 6.43. The summed E-state index contributed by atoms with van der Waals surface area (Å²) in [4.78, 5) is 27.2. The van der Waals surface area contributed by atoms with Gasteiger partial charge in [0, 0.05) is 37.1 Å². The highest BCUT2D eigenvalue weighted by Gasteiger charge is 2.24. The van der Waals surface area contributed by atoms with Gasteiger partial charge in [0.1, 0.15) is 0 Å². The quantitative estimate of drug-likeness (QED) is 0.644. The minimum absolute atomic E-state index is 0.0709. The number of amides is 2. The van der Waals surface area contributed by atoms with Crippen LogP contribution in [0.1, 0.15) is 28.8 Å². The molecule has 1 aromatic heterocycles. The van der Waals surface area contributed by atoms with Gasteiger partial charge in [0.2, 0.25) is 5.91 Å². The third kappa shape index (κ3) is 5.19. The second kappa shape index (κ2) is 9.57. The second-order valence-electron chi connectivity index (χ2n) is 7.88. The molecular formula is C24H26N4O3. The van der Waals surface area contributed by atoms with Crippen molar-refractivity contribution in [3.63, 3.8) is 0 Å². The first-order valence-electron chi connectivity index (χ1n) is 10.5. The van der Waals surface area contributed by atoms with Crippen molar-refractivity contribution in [3.05, 3.63) is 78.1 Å². The molecule has 1 fully saturated rings. The summed E-state index contributed by atoms with van der Waals surface area (Å²) in [5, 5.41) is 16.6. The number of nitrogens with one attached hydrogen (secondary N) is 1. The van der Waals surface area contributed by atoms with Crippen LogP contribution in [0.2, 0.25) is 0 Å². The van der Waals surface area contributed by atoms with E-state index in [-0.39, 0.29) is 30.8 Å². The molecule has 1 aliphatic rings. The summed E-state index contributed by atoms with van der Waals surface area (Å²) >= 11 is 0. The first-order valence-corrected chi connectivity index (χ1v) is 10.5. The van der Waals surface area contributed by atoms with E-state index >= 15 is 0 Å². The van der Waals surface area contributed by atoms with E-state index in [1.165, 1.54) is 0 Å². The third-order valence-electron chi connectivity index (χ3n) is 5.48. The zero-order valence-electron chi connectivity index (χ0n) is 17.3. The number of hydrogen-bond donors (Lipinski definition) is 2. The molecule has 0 saturated carbocycles. The van der Waals surface area contributed by atoms with E-state index in [9.17, 15) is 14.7 Å². The van der Waals surface area contributed by atoms with Crippen molar-refractivity contribution < 1.29 is 14.7 Å². The molecule has 31 heavy (non-hydrogen) atoms. The van der Waals surface area contributed by atoms with Gasteiger partial charge >= 0.3 is 0 Å². The number of anilines is 1. The van der Waals surface area contributed by atoms with Crippen LogP contribution in [-0.2, 0) is 11.2 Å². The molecule has 1 atom stereocenters. The van der Waals surface area contributed by atoms with Crippen molar-refractivity contribution in [2.45, 2.75) is 19.3 Å². The number of aliphatic hydroxyl groups is 1. The summed E-state index contributed by atoms with van der Waals surface area (Å²) in [6.45, 7) is 1.36. The summed E-state index contributed by atoms with van der Waals surface area (Å²) in [6, 6.07) is 16.7. The summed E-state index contributed by atoms with van der Waals surface area (Å²) in [5.74, 6) is -0.105. The van der Waals surface area contributed by atoms with Crippen molar-refractivity contribution in [2.75, 3.05) is 25.0 Å². The molecule has 2 aromatic carbocycles. The zero-order valence-corrected chi connectivity index (χ0v) is 17.3. The van der Waals surface area contributed by atoms with Crippen LogP contribution in [-0.4, -0.2) is 51.3 Å². The van der Waals surface area contributed by atoms with Crippen LogP contribution in [0, 0.1) is 5.92 Å². The highest BCUT2D eigenvalue weighted by Crippen LogP contribution is 2.20. The monoisotopic (exact) mass is 418 g/mol. The fourth-order valence-electron chi connectivity index (χ4n) is 3.87. The maximum absolute atomic E-state index is 12.8. The molecule has 0 bridgehead atoms. The number of aliphatic hydroxyl groups excluding tert-OH is 1. The molecule has 7 nitrogen and oxygen atoms in total. The molecule has 1 saturated heterocycles. The number of piperidine rings is 1. The van der Waals surface area contributed by atoms with Gasteiger partial charge in [-0.05, 0) is 54.7 Å². The predicted molar refractivity (Wildman–Crippen MR) is 118 cm³/mol. The summed E-state index contributed by atoms with van der Waals surface area (Å²) < 4.78 is 1.74. The average Bonchev–Trinajstić information content (AvgIpc) is 3.27. The van der Waals surface area contributed by atoms with E-state index in [1.807, 2.05) is 36.5 Å². The van der Waals surface area contributed by atoms with Crippen LogP contribution in [0.4, 0.5) is 5.69 Å². The lowest BCUT2D eigenvalue weighted by molar-refractivity contribution is -0.115. The highest BCUT2D eigenvalue weighted by atomic mass is 16.3. The van der Waals surface area contributed by atoms with Crippen LogP contribution in [0.5, 0.6) is 0 Å². The molecular weight excluding hydrogens is 392 g/mol. The smallest absolute Gasteiger partial charge is 0.253 e. The Morgan fingerprint density at radius 2 is 1.97 bits per heavy atom. The molecule has 160 valence electrons. The molecule has 0 aliphatic carbocycles. The Morgan fingerprint density at radius 3 is 2.77 bits per heavy atom. The largest absolute Gasteiger partial charge is 0.396 e. The van der Waals surface area contributed by atoms with Gasteiger partial charge in [-0.25, -0.2) is 4.68 Å². The molecule has 1 aliphatic heterocycles. The van der Waals surface area contributed by atoms with Crippen molar-refractivity contribution in [3.8, 4) is 5.69 Å². The number of nitrogens with zero attached hydrogens (tertiary/aromatic N) is 3. The van der Waals surface area contributed by atoms with Crippen LogP contribution < -0.4 is 5.32 Å². The molecule has 7 heteroatoms. The minimum Gasteiger partial charge on any atom is -0.396 e. The van der Waals surface area contributed by atoms with E-state index in [1.54, 1.807) is 40.0 Å². The van der Waals surface area contributed by atoms with Gasteiger partial charge in [0.05, 0.1) is 18.3 Å². The molecule has 2 N–H and O–H groups in total. The lowest BCUT2D eigenvalue weighted by Gasteiger charge is -2.32. The summed E-state index contributed by atoms with van der Waals surface area (Å²) in [5.41, 5.74) is 2.86. The normalized spacial score (nSPS) is 16.2. The molecule has 2 heterocycles.